The Morgan fingerprint density at radius 2 is 2.22 bits per heavy atom. The van der Waals surface area contributed by atoms with Crippen molar-refractivity contribution in [1.29, 1.82) is 0 Å². The molecule has 1 aliphatic rings. The van der Waals surface area contributed by atoms with Crippen LogP contribution in [0.1, 0.15) is 20.8 Å². The molecule has 0 saturated heterocycles. The molecule has 0 bridgehead atoms. The minimum atomic E-state index is 0.257. The van der Waals surface area contributed by atoms with E-state index in [1.165, 1.54) is 0 Å². The molecule has 1 atom stereocenters. The van der Waals surface area contributed by atoms with Crippen LogP contribution in [0, 0.1) is 5.41 Å². The first kappa shape index (κ1) is 6.59. The molecule has 0 amide bonds. The Hall–Kier alpha value is -0.530. The Balaban J connectivity index is 2.53. The van der Waals surface area contributed by atoms with Crippen molar-refractivity contribution < 1.29 is 4.74 Å². The van der Waals surface area contributed by atoms with Gasteiger partial charge in [0.25, 0.3) is 0 Å². The number of rotatable bonds is 0. The highest BCUT2D eigenvalue weighted by Gasteiger charge is 2.26. The largest absolute Gasteiger partial charge is 0.481 e. The molecular weight excluding hydrogens is 114 g/mol. The third-order valence-electron chi connectivity index (χ3n) is 1.57. The summed E-state index contributed by atoms with van der Waals surface area (Å²) in [5.74, 6) is 0. The van der Waals surface area contributed by atoms with E-state index in [1.54, 1.807) is 6.40 Å². The lowest BCUT2D eigenvalue weighted by Gasteiger charge is -2.22. The first-order valence-corrected chi connectivity index (χ1v) is 3.24. The highest BCUT2D eigenvalue weighted by Crippen LogP contribution is 2.23. The fourth-order valence-corrected chi connectivity index (χ4v) is 0.767. The van der Waals surface area contributed by atoms with E-state index in [9.17, 15) is 0 Å². The van der Waals surface area contributed by atoms with Gasteiger partial charge in [-0.05, 0) is 5.41 Å². The van der Waals surface area contributed by atoms with Crippen molar-refractivity contribution >= 4 is 6.40 Å². The van der Waals surface area contributed by atoms with Crippen LogP contribution in [0.25, 0.3) is 0 Å². The van der Waals surface area contributed by atoms with Crippen LogP contribution >= 0.6 is 0 Å². The van der Waals surface area contributed by atoms with Crippen LogP contribution in [0.3, 0.4) is 0 Å². The summed E-state index contributed by atoms with van der Waals surface area (Å²) in [7, 11) is 0. The van der Waals surface area contributed by atoms with E-state index in [0.29, 0.717) is 6.04 Å². The van der Waals surface area contributed by atoms with Crippen molar-refractivity contribution in [1.82, 2.24) is 0 Å². The van der Waals surface area contributed by atoms with Crippen LogP contribution < -0.4 is 0 Å². The molecular formula is C7H13NO. The maximum absolute atomic E-state index is 4.99. The highest BCUT2D eigenvalue weighted by molar-refractivity contribution is 5.49. The van der Waals surface area contributed by atoms with Gasteiger partial charge in [-0.15, -0.1) is 0 Å². The zero-order valence-corrected chi connectivity index (χ0v) is 6.22. The fourth-order valence-electron chi connectivity index (χ4n) is 0.767. The first-order valence-electron chi connectivity index (χ1n) is 3.24. The molecule has 0 fully saturated rings. The third kappa shape index (κ3) is 1.44. The van der Waals surface area contributed by atoms with Gasteiger partial charge in [-0.3, -0.25) is 4.99 Å². The molecule has 2 heteroatoms. The summed E-state index contributed by atoms with van der Waals surface area (Å²) in [5.41, 5.74) is 0.257. The second-order valence-corrected chi connectivity index (χ2v) is 3.47. The molecule has 1 rings (SSSR count). The maximum atomic E-state index is 4.99. The van der Waals surface area contributed by atoms with Crippen molar-refractivity contribution in [3.05, 3.63) is 0 Å². The van der Waals surface area contributed by atoms with Crippen molar-refractivity contribution in [2.45, 2.75) is 26.8 Å². The van der Waals surface area contributed by atoms with Crippen LogP contribution in [0.5, 0.6) is 0 Å². The van der Waals surface area contributed by atoms with Crippen molar-refractivity contribution in [3.63, 3.8) is 0 Å². The molecule has 1 heterocycles. The van der Waals surface area contributed by atoms with Gasteiger partial charge >= 0.3 is 0 Å². The molecule has 0 unspecified atom stereocenters. The van der Waals surface area contributed by atoms with Gasteiger partial charge in [0.2, 0.25) is 0 Å². The third-order valence-corrected chi connectivity index (χ3v) is 1.57. The minimum absolute atomic E-state index is 0.257. The highest BCUT2D eigenvalue weighted by atomic mass is 16.5. The molecule has 52 valence electrons. The first-order chi connectivity index (χ1) is 4.11. The lowest BCUT2D eigenvalue weighted by atomic mass is 9.88. The smallest absolute Gasteiger partial charge is 0.169 e. The zero-order valence-electron chi connectivity index (χ0n) is 6.22. The molecule has 0 aromatic carbocycles. The maximum Gasteiger partial charge on any atom is 0.169 e. The van der Waals surface area contributed by atoms with Gasteiger partial charge in [0.1, 0.15) is 6.61 Å². The molecule has 0 radical (unpaired) electrons. The van der Waals surface area contributed by atoms with Crippen LogP contribution in [0.4, 0.5) is 0 Å². The van der Waals surface area contributed by atoms with E-state index in [4.69, 9.17) is 4.74 Å². The number of hydrogen-bond acceptors (Lipinski definition) is 2. The molecule has 0 aromatic heterocycles. The van der Waals surface area contributed by atoms with Crippen LogP contribution in [-0.4, -0.2) is 19.0 Å². The quantitative estimate of drug-likeness (QED) is 0.482. The van der Waals surface area contributed by atoms with Crippen LogP contribution in [0.15, 0.2) is 4.99 Å². The number of aliphatic imine (C=N–C) groups is 1. The topological polar surface area (TPSA) is 21.6 Å². The molecule has 0 aliphatic carbocycles. The predicted molar refractivity (Wildman–Crippen MR) is 37.7 cm³/mol. The Bertz CT molecular complexity index is 123. The lowest BCUT2D eigenvalue weighted by Crippen LogP contribution is -2.25. The zero-order chi connectivity index (χ0) is 6.91. The van der Waals surface area contributed by atoms with Gasteiger partial charge in [-0.25, -0.2) is 0 Å². The molecule has 1 aliphatic heterocycles. The van der Waals surface area contributed by atoms with Gasteiger partial charge in [0.05, 0.1) is 6.04 Å². The summed E-state index contributed by atoms with van der Waals surface area (Å²) in [4.78, 5) is 4.16. The van der Waals surface area contributed by atoms with Gasteiger partial charge in [0, 0.05) is 0 Å². The Morgan fingerprint density at radius 3 is 2.44 bits per heavy atom. The molecule has 0 aromatic rings. The molecule has 0 N–H and O–H groups in total. The van der Waals surface area contributed by atoms with E-state index >= 15 is 0 Å². The van der Waals surface area contributed by atoms with Crippen molar-refractivity contribution in [3.8, 4) is 0 Å². The minimum Gasteiger partial charge on any atom is -0.481 e. The molecule has 0 spiro atoms. The second kappa shape index (κ2) is 2.01. The normalized spacial score (nSPS) is 26.3. The Labute approximate surface area is 55.9 Å². The van der Waals surface area contributed by atoms with E-state index in [-0.39, 0.29) is 5.41 Å². The SMILES string of the molecule is CC(C)(C)[C@H]1COC=N1. The lowest BCUT2D eigenvalue weighted by molar-refractivity contribution is 0.239. The summed E-state index contributed by atoms with van der Waals surface area (Å²) >= 11 is 0. The number of hydrogen-bond donors (Lipinski definition) is 0. The van der Waals surface area contributed by atoms with E-state index in [2.05, 4.69) is 25.8 Å². The Kier molecular flexibility index (Phi) is 1.47. The van der Waals surface area contributed by atoms with E-state index < -0.39 is 0 Å². The number of ether oxygens (including phenoxy) is 1. The van der Waals surface area contributed by atoms with E-state index in [0.717, 1.165) is 6.61 Å². The standard InChI is InChI=1S/C7H13NO/c1-7(2,3)6-4-9-5-8-6/h5-6H,4H2,1-3H3/t6-/m1/s1. The average molecular weight is 127 g/mol. The average Bonchev–Trinajstić information content (AvgIpc) is 2.08. The predicted octanol–water partition coefficient (Wildman–Crippen LogP) is 1.46. The summed E-state index contributed by atoms with van der Waals surface area (Å²) in [5, 5.41) is 0. The van der Waals surface area contributed by atoms with E-state index in [1.807, 2.05) is 0 Å². The summed E-state index contributed by atoms with van der Waals surface area (Å²) < 4.78 is 4.99. The van der Waals surface area contributed by atoms with Gasteiger partial charge in [-0.2, -0.15) is 0 Å². The van der Waals surface area contributed by atoms with Gasteiger partial charge < -0.3 is 4.74 Å². The van der Waals surface area contributed by atoms with Crippen LogP contribution in [-0.2, 0) is 4.74 Å². The molecule has 2 nitrogen and oxygen atoms in total. The second-order valence-electron chi connectivity index (χ2n) is 3.47. The van der Waals surface area contributed by atoms with Crippen molar-refractivity contribution in [2.24, 2.45) is 10.4 Å². The molecule has 9 heavy (non-hydrogen) atoms. The monoisotopic (exact) mass is 127 g/mol. The van der Waals surface area contributed by atoms with Crippen LogP contribution in [0.2, 0.25) is 0 Å². The Morgan fingerprint density at radius 1 is 1.56 bits per heavy atom. The van der Waals surface area contributed by atoms with Gasteiger partial charge in [0.15, 0.2) is 6.40 Å². The summed E-state index contributed by atoms with van der Waals surface area (Å²) in [6.07, 6.45) is 1.55. The van der Waals surface area contributed by atoms with Crippen molar-refractivity contribution in [2.75, 3.05) is 6.61 Å². The summed E-state index contributed by atoms with van der Waals surface area (Å²) in [6, 6.07) is 0.359. The fraction of sp³-hybridized carbons (Fsp3) is 0.857. The summed E-state index contributed by atoms with van der Waals surface area (Å²) in [6.45, 7) is 7.26. The van der Waals surface area contributed by atoms with Gasteiger partial charge in [-0.1, -0.05) is 20.8 Å². The number of nitrogens with zero attached hydrogens (tertiary/aromatic N) is 1. The molecule has 0 saturated carbocycles.